The summed E-state index contributed by atoms with van der Waals surface area (Å²) in [6.45, 7) is 3.75. The Morgan fingerprint density at radius 2 is 2.31 bits per heavy atom. The van der Waals surface area contributed by atoms with Crippen LogP contribution in [0.4, 0.5) is 5.00 Å². The fourth-order valence-corrected chi connectivity index (χ4v) is 4.04. The van der Waals surface area contributed by atoms with Crippen molar-refractivity contribution in [1.29, 1.82) is 5.26 Å². The monoisotopic (exact) mass is 390 g/mol. The van der Waals surface area contributed by atoms with Gasteiger partial charge >= 0.3 is 5.97 Å². The Hall–Kier alpha value is -2.77. The molecule has 0 aliphatic carbocycles. The van der Waals surface area contributed by atoms with E-state index in [0.717, 1.165) is 11.3 Å². The summed E-state index contributed by atoms with van der Waals surface area (Å²) >= 11 is 2.25. The molecule has 0 aromatic carbocycles. The maximum Gasteiger partial charge on any atom is 0.348 e. The largest absolute Gasteiger partial charge is 0.469 e. The number of anilines is 1. The predicted octanol–water partition coefficient (Wildman–Crippen LogP) is 3.62. The number of rotatable bonds is 6. The van der Waals surface area contributed by atoms with Crippen LogP contribution >= 0.6 is 23.1 Å². The van der Waals surface area contributed by atoms with E-state index in [9.17, 15) is 10.1 Å². The smallest absolute Gasteiger partial charge is 0.348 e. The van der Waals surface area contributed by atoms with Crippen molar-refractivity contribution < 1.29 is 18.4 Å². The van der Waals surface area contributed by atoms with E-state index in [-0.39, 0.29) is 22.9 Å². The topological polar surface area (TPSA) is 128 Å². The van der Waals surface area contributed by atoms with Crippen molar-refractivity contribution in [3.05, 3.63) is 34.1 Å². The number of thioether (sulfide) groups is 1. The standard InChI is InChI=1S/C16H14N4O4S2/c1-3-22-15(21)12-11(10(6-17)13(18)26-12)7-25-16-20-19-14(24-16)9-4-5-23-8(9)2/h4-5H,3,7,18H2,1-2H3. The van der Waals surface area contributed by atoms with Gasteiger partial charge in [0.15, 0.2) is 0 Å². The summed E-state index contributed by atoms with van der Waals surface area (Å²) in [7, 11) is 0. The van der Waals surface area contributed by atoms with Gasteiger partial charge in [-0.25, -0.2) is 4.79 Å². The van der Waals surface area contributed by atoms with Crippen molar-refractivity contribution in [1.82, 2.24) is 10.2 Å². The van der Waals surface area contributed by atoms with Gasteiger partial charge in [0.1, 0.15) is 21.7 Å². The number of carbonyl (C=O) groups excluding carboxylic acids is 1. The van der Waals surface area contributed by atoms with Crippen LogP contribution in [0.25, 0.3) is 11.5 Å². The van der Waals surface area contributed by atoms with Gasteiger partial charge in [0.05, 0.1) is 24.0 Å². The van der Waals surface area contributed by atoms with Gasteiger partial charge < -0.3 is 19.3 Å². The first kappa shape index (κ1) is 18.0. The van der Waals surface area contributed by atoms with Crippen LogP contribution in [-0.2, 0) is 10.5 Å². The molecule has 0 amide bonds. The molecule has 3 heterocycles. The van der Waals surface area contributed by atoms with Crippen LogP contribution in [0, 0.1) is 18.3 Å². The summed E-state index contributed by atoms with van der Waals surface area (Å²) in [4.78, 5) is 12.4. The second kappa shape index (κ2) is 7.63. The Kier molecular flexibility index (Phi) is 5.29. The van der Waals surface area contributed by atoms with Crippen molar-refractivity contribution in [2.24, 2.45) is 0 Å². The Morgan fingerprint density at radius 1 is 1.50 bits per heavy atom. The highest BCUT2D eigenvalue weighted by molar-refractivity contribution is 7.98. The molecular formula is C16H14N4O4S2. The van der Waals surface area contributed by atoms with Crippen LogP contribution in [0.15, 0.2) is 26.4 Å². The molecule has 0 spiro atoms. The molecule has 0 aliphatic rings. The van der Waals surface area contributed by atoms with E-state index in [1.165, 1.54) is 11.8 Å². The molecule has 2 N–H and O–H groups in total. The minimum absolute atomic E-state index is 0.238. The average molecular weight is 390 g/mol. The highest BCUT2D eigenvalue weighted by atomic mass is 32.2. The van der Waals surface area contributed by atoms with Crippen LogP contribution < -0.4 is 5.73 Å². The summed E-state index contributed by atoms with van der Waals surface area (Å²) in [5.41, 5.74) is 7.36. The number of furan rings is 1. The van der Waals surface area contributed by atoms with E-state index in [1.807, 2.05) is 6.07 Å². The van der Waals surface area contributed by atoms with Gasteiger partial charge in [-0.05, 0) is 19.9 Å². The number of nitrogen functional groups attached to an aromatic ring is 1. The molecule has 0 fully saturated rings. The van der Waals surface area contributed by atoms with Crippen molar-refractivity contribution in [3.8, 4) is 17.5 Å². The Labute approximate surface area is 157 Å². The number of thiophene rings is 1. The van der Waals surface area contributed by atoms with Gasteiger partial charge in [-0.3, -0.25) is 0 Å². The van der Waals surface area contributed by atoms with Gasteiger partial charge in [-0.1, -0.05) is 11.8 Å². The summed E-state index contributed by atoms with van der Waals surface area (Å²) in [6, 6.07) is 3.78. The van der Waals surface area contributed by atoms with Crippen LogP contribution in [0.5, 0.6) is 0 Å². The zero-order valence-electron chi connectivity index (χ0n) is 13.9. The maximum atomic E-state index is 12.1. The summed E-state index contributed by atoms with van der Waals surface area (Å²) in [5.74, 6) is 0.792. The highest BCUT2D eigenvalue weighted by Gasteiger charge is 2.23. The number of hydrogen-bond acceptors (Lipinski definition) is 10. The molecular weight excluding hydrogens is 376 g/mol. The highest BCUT2D eigenvalue weighted by Crippen LogP contribution is 2.36. The lowest BCUT2D eigenvalue weighted by Crippen LogP contribution is -2.05. The Balaban J connectivity index is 1.82. The minimum Gasteiger partial charge on any atom is -0.469 e. The van der Waals surface area contributed by atoms with Crippen molar-refractivity contribution in [2.45, 2.75) is 24.8 Å². The summed E-state index contributed by atoms with van der Waals surface area (Å²) in [5, 5.41) is 17.9. The number of nitrogens with zero attached hydrogens (tertiary/aromatic N) is 3. The molecule has 0 radical (unpaired) electrons. The molecule has 10 heteroatoms. The lowest BCUT2D eigenvalue weighted by molar-refractivity contribution is 0.0531. The second-order valence-corrected chi connectivity index (χ2v) is 7.01. The first-order valence-electron chi connectivity index (χ1n) is 7.54. The van der Waals surface area contributed by atoms with Crippen molar-refractivity contribution >= 4 is 34.1 Å². The fourth-order valence-electron chi connectivity index (χ4n) is 2.22. The van der Waals surface area contributed by atoms with E-state index < -0.39 is 5.97 Å². The number of aryl methyl sites for hydroxylation is 1. The van der Waals surface area contributed by atoms with Gasteiger partial charge in [0.2, 0.25) is 0 Å². The number of esters is 1. The molecule has 3 aromatic heterocycles. The summed E-state index contributed by atoms with van der Waals surface area (Å²) < 4.78 is 15.9. The number of ether oxygens (including phenoxy) is 1. The molecule has 0 aliphatic heterocycles. The molecule has 0 saturated heterocycles. The number of hydrogen-bond donors (Lipinski definition) is 1. The molecule has 26 heavy (non-hydrogen) atoms. The van der Waals surface area contributed by atoms with Gasteiger partial charge in [0, 0.05) is 11.3 Å². The minimum atomic E-state index is -0.499. The summed E-state index contributed by atoms with van der Waals surface area (Å²) in [6.07, 6.45) is 1.54. The molecule has 0 unspecified atom stereocenters. The average Bonchev–Trinajstić information content (AvgIpc) is 3.31. The van der Waals surface area contributed by atoms with Crippen molar-refractivity contribution in [2.75, 3.05) is 12.3 Å². The normalized spacial score (nSPS) is 10.7. The van der Waals surface area contributed by atoms with Crippen LogP contribution in [0.3, 0.4) is 0 Å². The van der Waals surface area contributed by atoms with Crippen LogP contribution in [0.2, 0.25) is 0 Å². The molecule has 3 aromatic rings. The lowest BCUT2D eigenvalue weighted by atomic mass is 10.2. The third kappa shape index (κ3) is 3.44. The second-order valence-electron chi connectivity index (χ2n) is 5.03. The zero-order chi connectivity index (χ0) is 18.7. The molecule has 8 nitrogen and oxygen atoms in total. The number of nitriles is 1. The third-order valence-corrected chi connectivity index (χ3v) is 5.33. The van der Waals surface area contributed by atoms with Gasteiger partial charge in [0.25, 0.3) is 11.1 Å². The first-order chi connectivity index (χ1) is 12.5. The quantitative estimate of drug-likeness (QED) is 0.495. The molecule has 3 rings (SSSR count). The number of carbonyl (C=O) groups is 1. The molecule has 0 atom stereocenters. The number of nitrogens with two attached hydrogens (primary N) is 1. The Bertz CT molecular complexity index is 983. The molecule has 0 bridgehead atoms. The van der Waals surface area contributed by atoms with E-state index in [4.69, 9.17) is 19.3 Å². The van der Waals surface area contributed by atoms with E-state index in [0.29, 0.717) is 32.9 Å². The fraction of sp³-hybridized carbons (Fsp3) is 0.250. The SMILES string of the molecule is CCOC(=O)c1sc(N)c(C#N)c1CSc1nnc(-c2ccoc2C)o1. The Morgan fingerprint density at radius 3 is 2.96 bits per heavy atom. The maximum absolute atomic E-state index is 12.1. The predicted molar refractivity (Wildman–Crippen MR) is 95.7 cm³/mol. The molecule has 134 valence electrons. The van der Waals surface area contributed by atoms with Gasteiger partial charge in [-0.15, -0.1) is 21.5 Å². The van der Waals surface area contributed by atoms with E-state index in [1.54, 1.807) is 26.2 Å². The van der Waals surface area contributed by atoms with Crippen LogP contribution in [-0.4, -0.2) is 22.8 Å². The van der Waals surface area contributed by atoms with E-state index >= 15 is 0 Å². The van der Waals surface area contributed by atoms with Crippen LogP contribution in [0.1, 0.15) is 33.5 Å². The first-order valence-corrected chi connectivity index (χ1v) is 9.34. The molecule has 0 saturated carbocycles. The number of aromatic nitrogens is 2. The third-order valence-electron chi connectivity index (χ3n) is 3.44. The zero-order valence-corrected chi connectivity index (χ0v) is 15.6. The van der Waals surface area contributed by atoms with E-state index in [2.05, 4.69) is 10.2 Å². The van der Waals surface area contributed by atoms with Crippen molar-refractivity contribution in [3.63, 3.8) is 0 Å². The lowest BCUT2D eigenvalue weighted by Gasteiger charge is -2.02. The van der Waals surface area contributed by atoms with Gasteiger partial charge in [-0.2, -0.15) is 5.26 Å².